The van der Waals surface area contributed by atoms with Crippen LogP contribution in [-0.4, -0.2) is 45.8 Å². The van der Waals surface area contributed by atoms with E-state index in [0.29, 0.717) is 6.54 Å². The average Bonchev–Trinajstić information content (AvgIpc) is 2.73. The molecule has 2 aromatic rings. The highest BCUT2D eigenvalue weighted by Gasteiger charge is 2.21. The highest BCUT2D eigenvalue weighted by molar-refractivity contribution is 14.0. The lowest BCUT2D eigenvalue weighted by molar-refractivity contribution is 0.345. The Bertz CT molecular complexity index is 827. The molecule has 152 valence electrons. The van der Waals surface area contributed by atoms with Crippen molar-refractivity contribution in [2.45, 2.75) is 19.5 Å². The zero-order chi connectivity index (χ0) is 19.2. The summed E-state index contributed by atoms with van der Waals surface area (Å²) in [6.07, 6.45) is 0.936. The van der Waals surface area contributed by atoms with E-state index in [1.807, 2.05) is 25.2 Å². The minimum atomic E-state index is 0. The van der Waals surface area contributed by atoms with Crippen LogP contribution in [0.15, 0.2) is 41.4 Å². The maximum atomic E-state index is 5.45. The fourth-order valence-corrected chi connectivity index (χ4v) is 3.42. The monoisotopic (exact) mass is 497 g/mol. The van der Waals surface area contributed by atoms with Crippen LogP contribution in [0.25, 0.3) is 0 Å². The molecular weight excluding hydrogens is 469 g/mol. The fourth-order valence-electron chi connectivity index (χ4n) is 3.42. The molecule has 3 rings (SSSR count). The number of nitrogens with zero attached hydrogens (tertiary/aromatic N) is 2. The molecule has 1 aliphatic rings. The van der Waals surface area contributed by atoms with Crippen molar-refractivity contribution in [1.29, 1.82) is 0 Å². The number of halogens is 1. The van der Waals surface area contributed by atoms with Crippen molar-refractivity contribution in [3.63, 3.8) is 0 Å². The number of hydrogen-bond acceptors (Lipinski definition) is 4. The summed E-state index contributed by atoms with van der Waals surface area (Å²) in [5.41, 5.74) is 3.63. The van der Waals surface area contributed by atoms with E-state index < -0.39 is 0 Å². The molecule has 0 bridgehead atoms. The second-order valence-corrected chi connectivity index (χ2v) is 6.36. The van der Waals surface area contributed by atoms with Gasteiger partial charge in [-0.05, 0) is 35.7 Å². The van der Waals surface area contributed by atoms with Crippen molar-refractivity contribution in [3.8, 4) is 17.2 Å². The van der Waals surface area contributed by atoms with Crippen LogP contribution < -0.4 is 19.5 Å². The van der Waals surface area contributed by atoms with Crippen molar-refractivity contribution < 1.29 is 14.2 Å². The molecule has 0 spiro atoms. The molecule has 7 heteroatoms. The van der Waals surface area contributed by atoms with E-state index in [-0.39, 0.29) is 24.0 Å². The Morgan fingerprint density at radius 2 is 1.64 bits per heavy atom. The number of rotatable bonds is 5. The summed E-state index contributed by atoms with van der Waals surface area (Å²) in [5, 5.41) is 3.45. The van der Waals surface area contributed by atoms with Gasteiger partial charge in [0.25, 0.3) is 0 Å². The lowest BCUT2D eigenvalue weighted by Crippen LogP contribution is -2.43. The first-order valence-electron chi connectivity index (χ1n) is 9.01. The number of hydrogen-bond donors (Lipinski definition) is 1. The molecule has 0 saturated heterocycles. The van der Waals surface area contributed by atoms with E-state index in [0.717, 1.165) is 48.3 Å². The molecule has 0 saturated carbocycles. The second kappa shape index (κ2) is 10.4. The van der Waals surface area contributed by atoms with Gasteiger partial charge in [-0.15, -0.1) is 24.0 Å². The van der Waals surface area contributed by atoms with Crippen LogP contribution >= 0.6 is 24.0 Å². The predicted octanol–water partition coefficient (Wildman–Crippen LogP) is 3.46. The molecule has 0 amide bonds. The van der Waals surface area contributed by atoms with Crippen LogP contribution in [0.5, 0.6) is 17.2 Å². The van der Waals surface area contributed by atoms with E-state index in [9.17, 15) is 0 Å². The molecule has 1 heterocycles. The summed E-state index contributed by atoms with van der Waals surface area (Å²) in [7, 11) is 6.84. The van der Waals surface area contributed by atoms with Gasteiger partial charge >= 0.3 is 0 Å². The van der Waals surface area contributed by atoms with Gasteiger partial charge in [0.05, 0.1) is 21.3 Å². The normalized spacial score (nSPS) is 13.3. The number of methoxy groups -OCH3 is 3. The zero-order valence-corrected chi connectivity index (χ0v) is 19.2. The SMILES string of the molecule is CN=C(NCc1ccccc1OC)N1CCc2cc(OC)c(OC)cc2C1.I. The van der Waals surface area contributed by atoms with Crippen molar-refractivity contribution in [1.82, 2.24) is 10.2 Å². The molecule has 28 heavy (non-hydrogen) atoms. The Morgan fingerprint density at radius 3 is 2.29 bits per heavy atom. The van der Waals surface area contributed by atoms with Gasteiger partial charge < -0.3 is 24.4 Å². The van der Waals surface area contributed by atoms with Crippen molar-refractivity contribution in [2.24, 2.45) is 4.99 Å². The molecule has 0 aliphatic carbocycles. The van der Waals surface area contributed by atoms with Gasteiger partial charge in [-0.3, -0.25) is 4.99 Å². The average molecular weight is 497 g/mol. The molecule has 0 atom stereocenters. The largest absolute Gasteiger partial charge is 0.496 e. The van der Waals surface area contributed by atoms with Gasteiger partial charge in [-0.1, -0.05) is 18.2 Å². The van der Waals surface area contributed by atoms with Crippen molar-refractivity contribution in [2.75, 3.05) is 34.9 Å². The van der Waals surface area contributed by atoms with Gasteiger partial charge in [-0.2, -0.15) is 0 Å². The minimum Gasteiger partial charge on any atom is -0.496 e. The van der Waals surface area contributed by atoms with Crippen LogP contribution in [-0.2, 0) is 19.5 Å². The number of para-hydroxylation sites is 1. The van der Waals surface area contributed by atoms with Gasteiger partial charge in [0.15, 0.2) is 17.5 Å². The van der Waals surface area contributed by atoms with Crippen molar-refractivity contribution in [3.05, 3.63) is 53.1 Å². The Balaban J connectivity index is 0.00000280. The van der Waals surface area contributed by atoms with Crippen LogP contribution in [0.2, 0.25) is 0 Å². The molecule has 0 aromatic heterocycles. The Hall–Kier alpha value is -2.16. The smallest absolute Gasteiger partial charge is 0.194 e. The predicted molar refractivity (Wildman–Crippen MR) is 122 cm³/mol. The lowest BCUT2D eigenvalue weighted by atomic mass is 9.99. The standard InChI is InChI=1S/C21H27N3O3.HI/c1-22-21(23-13-16-7-5-6-8-18(16)25-2)24-10-9-15-11-19(26-3)20(27-4)12-17(15)14-24;/h5-8,11-12H,9-10,13-14H2,1-4H3,(H,22,23);1H. The first-order valence-corrected chi connectivity index (χ1v) is 9.01. The molecule has 1 aliphatic heterocycles. The first kappa shape index (κ1) is 22.1. The lowest BCUT2D eigenvalue weighted by Gasteiger charge is -2.32. The Labute approximate surface area is 183 Å². The van der Waals surface area contributed by atoms with Crippen LogP contribution in [0.1, 0.15) is 16.7 Å². The number of guanidine groups is 1. The van der Waals surface area contributed by atoms with E-state index in [2.05, 4.69) is 33.4 Å². The Kier molecular flexibility index (Phi) is 8.22. The molecule has 6 nitrogen and oxygen atoms in total. The molecule has 0 radical (unpaired) electrons. The van der Waals surface area contributed by atoms with Gasteiger partial charge in [-0.25, -0.2) is 0 Å². The number of fused-ring (bicyclic) bond motifs is 1. The molecule has 0 unspecified atom stereocenters. The van der Waals surface area contributed by atoms with E-state index in [1.54, 1.807) is 21.3 Å². The highest BCUT2D eigenvalue weighted by Crippen LogP contribution is 2.33. The quantitative estimate of drug-likeness (QED) is 0.390. The fraction of sp³-hybridized carbons (Fsp3) is 0.381. The van der Waals surface area contributed by atoms with Crippen LogP contribution in [0.4, 0.5) is 0 Å². The summed E-state index contributed by atoms with van der Waals surface area (Å²) in [5.74, 6) is 3.29. The van der Waals surface area contributed by atoms with E-state index in [4.69, 9.17) is 14.2 Å². The van der Waals surface area contributed by atoms with Gasteiger partial charge in [0.2, 0.25) is 0 Å². The maximum absolute atomic E-state index is 5.45. The zero-order valence-electron chi connectivity index (χ0n) is 16.8. The summed E-state index contributed by atoms with van der Waals surface area (Å²) in [4.78, 5) is 6.72. The third kappa shape index (κ3) is 4.81. The van der Waals surface area contributed by atoms with Crippen LogP contribution in [0.3, 0.4) is 0 Å². The molecule has 0 fully saturated rings. The summed E-state index contributed by atoms with van der Waals surface area (Å²) >= 11 is 0. The van der Waals surface area contributed by atoms with Crippen molar-refractivity contribution >= 4 is 29.9 Å². The van der Waals surface area contributed by atoms with Crippen LogP contribution in [0, 0.1) is 0 Å². The summed E-state index contributed by atoms with van der Waals surface area (Å²) < 4.78 is 16.3. The number of aliphatic imine (C=N–C) groups is 1. The molecular formula is C21H28IN3O3. The number of benzene rings is 2. The number of nitrogens with one attached hydrogen (secondary N) is 1. The Morgan fingerprint density at radius 1 is 1.00 bits per heavy atom. The maximum Gasteiger partial charge on any atom is 0.194 e. The third-order valence-electron chi connectivity index (χ3n) is 4.86. The summed E-state index contributed by atoms with van der Waals surface area (Å²) in [6.45, 7) is 2.33. The topological polar surface area (TPSA) is 55.3 Å². The minimum absolute atomic E-state index is 0. The second-order valence-electron chi connectivity index (χ2n) is 6.36. The molecule has 2 aromatic carbocycles. The van der Waals surface area contributed by atoms with Gasteiger partial charge in [0.1, 0.15) is 5.75 Å². The summed E-state index contributed by atoms with van der Waals surface area (Å²) in [6, 6.07) is 12.2. The van der Waals surface area contributed by atoms with Gasteiger partial charge in [0, 0.05) is 32.2 Å². The first-order chi connectivity index (χ1) is 13.2. The van der Waals surface area contributed by atoms with E-state index in [1.165, 1.54) is 11.1 Å². The highest BCUT2D eigenvalue weighted by atomic mass is 127. The third-order valence-corrected chi connectivity index (χ3v) is 4.86. The van der Waals surface area contributed by atoms with E-state index >= 15 is 0 Å². The molecule has 1 N–H and O–H groups in total. The number of ether oxygens (including phenoxy) is 3.